The molecular weight excluding hydrogens is 598 g/mol. The lowest BCUT2D eigenvalue weighted by molar-refractivity contribution is 0.0639. The van der Waals surface area contributed by atoms with E-state index in [2.05, 4.69) is 51.8 Å². The third-order valence-electron chi connectivity index (χ3n) is 8.82. The van der Waals surface area contributed by atoms with Crippen LogP contribution in [0, 0.1) is 12.8 Å². The summed E-state index contributed by atoms with van der Waals surface area (Å²) in [6.45, 7) is 8.04. The van der Waals surface area contributed by atoms with Gasteiger partial charge >= 0.3 is 0 Å². The second kappa shape index (κ2) is 13.3. The van der Waals surface area contributed by atoms with Crippen molar-refractivity contribution in [3.63, 3.8) is 0 Å². The van der Waals surface area contributed by atoms with Gasteiger partial charge in [0.1, 0.15) is 5.82 Å². The monoisotopic (exact) mass is 637 g/mol. The minimum atomic E-state index is -0.130. The van der Waals surface area contributed by atoms with Gasteiger partial charge in [0.2, 0.25) is 11.8 Å². The summed E-state index contributed by atoms with van der Waals surface area (Å²) in [4.78, 5) is 28.7. The summed E-state index contributed by atoms with van der Waals surface area (Å²) in [5.74, 6) is 2.15. The van der Waals surface area contributed by atoms with Crippen LogP contribution in [0.5, 0.6) is 0 Å². The average Bonchev–Trinajstić information content (AvgIpc) is 3.87. The highest BCUT2D eigenvalue weighted by Gasteiger charge is 2.33. The molecule has 5 aromatic heterocycles. The van der Waals surface area contributed by atoms with Crippen LogP contribution in [0.1, 0.15) is 90.9 Å². The van der Waals surface area contributed by atoms with E-state index < -0.39 is 0 Å². The first-order valence-corrected chi connectivity index (χ1v) is 17.2. The predicted molar refractivity (Wildman–Crippen MR) is 179 cm³/mol. The number of nitrogens with one attached hydrogen (secondary N) is 2. The number of carbonyl (C=O) groups excluding carboxylic acids is 1. The molecule has 0 radical (unpaired) electrons. The molecule has 10 nitrogen and oxygen atoms in total. The highest BCUT2D eigenvalue weighted by Crippen LogP contribution is 2.46. The molecule has 1 aliphatic carbocycles. The van der Waals surface area contributed by atoms with Crippen LogP contribution >= 0.6 is 11.3 Å². The number of ether oxygens (including phenoxy) is 1. The molecule has 1 atom stereocenters. The number of anilines is 1. The maximum atomic E-state index is 13.3. The second-order valence-corrected chi connectivity index (χ2v) is 13.3. The number of nitrogens with zero attached hydrogens (tertiary/aromatic N) is 5. The third kappa shape index (κ3) is 5.89. The quantitative estimate of drug-likeness (QED) is 0.190. The highest BCUT2D eigenvalue weighted by atomic mass is 32.1. The summed E-state index contributed by atoms with van der Waals surface area (Å²) in [6.07, 6.45) is 10.7. The fraction of sp³-hybridized carbons (Fsp3) is 0.429. The second-order valence-electron chi connectivity index (χ2n) is 12.2. The maximum Gasteiger partial charge on any atom is 0.254 e. The topological polar surface area (TPSA) is 128 Å². The number of hydrogen-bond acceptors (Lipinski definition) is 10. The number of fused-ring (bicyclic) bond motifs is 3. The van der Waals surface area contributed by atoms with Gasteiger partial charge in [-0.2, -0.15) is 0 Å². The summed E-state index contributed by atoms with van der Waals surface area (Å²) in [5, 5.41) is 16.3. The first-order valence-electron chi connectivity index (χ1n) is 16.3. The fourth-order valence-corrected chi connectivity index (χ4v) is 7.83. The zero-order valence-electron chi connectivity index (χ0n) is 26.6. The Morgan fingerprint density at radius 1 is 1.02 bits per heavy atom. The van der Waals surface area contributed by atoms with E-state index in [4.69, 9.17) is 19.1 Å². The van der Waals surface area contributed by atoms with E-state index in [-0.39, 0.29) is 11.9 Å². The first kappa shape index (κ1) is 30.4. The van der Waals surface area contributed by atoms with Gasteiger partial charge in [-0.25, -0.2) is 4.98 Å². The average molecular weight is 638 g/mol. The van der Waals surface area contributed by atoms with Crippen LogP contribution in [-0.2, 0) is 24.1 Å². The number of thiophene rings is 1. The molecule has 11 heteroatoms. The number of pyridine rings is 3. The van der Waals surface area contributed by atoms with Crippen molar-refractivity contribution >= 4 is 33.1 Å². The zero-order chi connectivity index (χ0) is 31.6. The van der Waals surface area contributed by atoms with Gasteiger partial charge in [-0.3, -0.25) is 14.8 Å². The molecule has 46 heavy (non-hydrogen) atoms. The number of amides is 1. The van der Waals surface area contributed by atoms with Crippen LogP contribution in [0.2, 0.25) is 0 Å². The molecular formula is C35H39N7O3S. The summed E-state index contributed by atoms with van der Waals surface area (Å²) in [7, 11) is 0. The summed E-state index contributed by atoms with van der Waals surface area (Å²) in [6, 6.07) is 8.46. The van der Waals surface area contributed by atoms with Crippen LogP contribution in [0.25, 0.3) is 32.0 Å². The van der Waals surface area contributed by atoms with Gasteiger partial charge in [-0.1, -0.05) is 26.3 Å². The lowest BCUT2D eigenvalue weighted by Crippen LogP contribution is -2.17. The van der Waals surface area contributed by atoms with E-state index in [0.29, 0.717) is 29.8 Å². The molecule has 0 spiro atoms. The molecule has 2 N–H and O–H groups in total. The van der Waals surface area contributed by atoms with Crippen molar-refractivity contribution < 1.29 is 13.9 Å². The van der Waals surface area contributed by atoms with Gasteiger partial charge in [0, 0.05) is 48.7 Å². The Morgan fingerprint density at radius 2 is 1.87 bits per heavy atom. The van der Waals surface area contributed by atoms with E-state index in [1.165, 1.54) is 12.0 Å². The van der Waals surface area contributed by atoms with Crippen molar-refractivity contribution in [3.8, 4) is 21.9 Å². The maximum absolute atomic E-state index is 13.3. The lowest BCUT2D eigenvalue weighted by Gasteiger charge is -2.22. The smallest absolute Gasteiger partial charge is 0.254 e. The Balaban J connectivity index is 0.00000109. The Labute approximate surface area is 272 Å². The predicted octanol–water partition coefficient (Wildman–Crippen LogP) is 7.23. The first-order chi connectivity index (χ1) is 22.5. The number of rotatable bonds is 7. The van der Waals surface area contributed by atoms with Crippen molar-refractivity contribution in [3.05, 3.63) is 70.8 Å². The lowest BCUT2D eigenvalue weighted by atomic mass is 9.90. The van der Waals surface area contributed by atoms with Gasteiger partial charge in [-0.05, 0) is 73.6 Å². The van der Waals surface area contributed by atoms with Crippen molar-refractivity contribution in [2.45, 2.75) is 78.3 Å². The van der Waals surface area contributed by atoms with Crippen LogP contribution in [0.4, 0.5) is 5.82 Å². The Kier molecular flexibility index (Phi) is 8.77. The molecule has 0 bridgehead atoms. The van der Waals surface area contributed by atoms with Crippen molar-refractivity contribution in [2.24, 2.45) is 5.92 Å². The molecule has 1 unspecified atom stereocenters. The molecule has 238 valence electrons. The molecule has 0 saturated carbocycles. The van der Waals surface area contributed by atoms with Crippen molar-refractivity contribution in [1.29, 1.82) is 0 Å². The molecule has 0 aromatic carbocycles. The molecule has 8 rings (SSSR count). The SMILES string of the molecule is CCC.Cc1nnc(-c2c(CCC3CCOCC3)nc3c(c2-c2cc4ccnc(NC5CCc6ncccc65)c4s2)C(=O)NC3)o1. The fourth-order valence-electron chi connectivity index (χ4n) is 6.66. The zero-order valence-corrected chi connectivity index (χ0v) is 27.4. The molecule has 1 amide bonds. The number of aromatic nitrogens is 5. The van der Waals surface area contributed by atoms with Crippen LogP contribution in [0.3, 0.4) is 0 Å². The van der Waals surface area contributed by atoms with E-state index in [0.717, 1.165) is 101 Å². The van der Waals surface area contributed by atoms with Crippen LogP contribution in [-0.4, -0.2) is 44.3 Å². The van der Waals surface area contributed by atoms with E-state index in [9.17, 15) is 4.79 Å². The molecule has 1 fully saturated rings. The Hall–Kier alpha value is -4.22. The van der Waals surface area contributed by atoms with Gasteiger partial charge in [0.25, 0.3) is 5.91 Å². The van der Waals surface area contributed by atoms with Crippen molar-refractivity contribution in [1.82, 2.24) is 30.5 Å². The summed E-state index contributed by atoms with van der Waals surface area (Å²) < 4.78 is 12.7. The van der Waals surface area contributed by atoms with E-state index in [1.807, 2.05) is 24.5 Å². The summed E-state index contributed by atoms with van der Waals surface area (Å²) in [5.41, 5.74) is 6.19. The highest BCUT2D eigenvalue weighted by molar-refractivity contribution is 7.23. The largest absolute Gasteiger partial charge is 0.421 e. The number of aryl methyl sites for hydroxylation is 3. The summed E-state index contributed by atoms with van der Waals surface area (Å²) >= 11 is 1.63. The molecule has 2 aliphatic heterocycles. The molecule has 5 aromatic rings. The van der Waals surface area contributed by atoms with E-state index >= 15 is 0 Å². The van der Waals surface area contributed by atoms with Gasteiger partial charge in [0.15, 0.2) is 0 Å². The van der Waals surface area contributed by atoms with E-state index in [1.54, 1.807) is 18.3 Å². The minimum Gasteiger partial charge on any atom is -0.421 e. The third-order valence-corrected chi connectivity index (χ3v) is 10.00. The van der Waals surface area contributed by atoms with Gasteiger partial charge < -0.3 is 19.8 Å². The number of carbonyl (C=O) groups is 1. The molecule has 1 saturated heterocycles. The minimum absolute atomic E-state index is 0.130. The normalized spacial score (nSPS) is 17.4. The van der Waals surface area contributed by atoms with Gasteiger partial charge in [-0.15, -0.1) is 21.5 Å². The standard InChI is InChI=1S/C32H31N7O3S.C3H8/c1-17-38-39-32(42-17)27-23(5-4-18-9-13-41-14-10-18)36-24-16-35-31(40)26(24)28(27)25-15-19-8-12-34-30(29(19)43-25)37-22-7-6-21-20(22)3-2-11-33-21;1-3-2/h2-3,8,11-12,15,18,22H,4-7,9-10,13-14,16H2,1H3,(H,34,37)(H,35,40);3H2,1-2H3. The molecule has 7 heterocycles. The van der Waals surface area contributed by atoms with Gasteiger partial charge in [0.05, 0.1) is 39.8 Å². The Morgan fingerprint density at radius 3 is 2.67 bits per heavy atom. The molecule has 3 aliphatic rings. The van der Waals surface area contributed by atoms with Crippen LogP contribution in [0.15, 0.2) is 41.1 Å². The van der Waals surface area contributed by atoms with Crippen molar-refractivity contribution in [2.75, 3.05) is 18.5 Å². The number of hydrogen-bond donors (Lipinski definition) is 2. The van der Waals surface area contributed by atoms with Crippen LogP contribution < -0.4 is 10.6 Å². The Bertz CT molecular complexity index is 1880.